The molecule has 1 aliphatic carbocycles. The standard InChI is InChI=1S/C16H20N2OS/c1-18(16(19)12-17)11-3-4-13-7-9-15(10-8-13)20-14-5-2-6-14/h3,7-12,14,17H,2,4-6H2,1H3/b11-3+,17-12?. The van der Waals surface area contributed by atoms with Crippen molar-refractivity contribution in [1.82, 2.24) is 4.90 Å². The van der Waals surface area contributed by atoms with Gasteiger partial charge in [0.05, 0.1) is 6.21 Å². The maximum Gasteiger partial charge on any atom is 0.267 e. The Kier molecular flexibility index (Phi) is 5.41. The monoisotopic (exact) mass is 288 g/mol. The van der Waals surface area contributed by atoms with E-state index in [2.05, 4.69) is 24.3 Å². The topological polar surface area (TPSA) is 44.2 Å². The molecule has 20 heavy (non-hydrogen) atoms. The van der Waals surface area contributed by atoms with Crippen molar-refractivity contribution in [3.8, 4) is 0 Å². The van der Waals surface area contributed by atoms with Gasteiger partial charge in [-0.3, -0.25) is 4.79 Å². The van der Waals surface area contributed by atoms with Gasteiger partial charge in [-0.1, -0.05) is 24.6 Å². The number of rotatable bonds is 6. The predicted molar refractivity (Wildman–Crippen MR) is 84.3 cm³/mol. The summed E-state index contributed by atoms with van der Waals surface area (Å²) in [5.41, 5.74) is 1.23. The van der Waals surface area contributed by atoms with Crippen molar-refractivity contribution in [2.24, 2.45) is 0 Å². The molecular formula is C16H20N2OS. The minimum Gasteiger partial charge on any atom is -0.318 e. The van der Waals surface area contributed by atoms with Crippen LogP contribution in [-0.2, 0) is 11.2 Å². The molecule has 3 nitrogen and oxygen atoms in total. The number of carbonyl (C=O) groups excluding carboxylic acids is 1. The van der Waals surface area contributed by atoms with Gasteiger partial charge in [0, 0.05) is 23.4 Å². The summed E-state index contributed by atoms with van der Waals surface area (Å²) in [7, 11) is 1.65. The molecule has 0 unspecified atom stereocenters. The van der Waals surface area contributed by atoms with Crippen LogP contribution in [0.4, 0.5) is 0 Å². The molecule has 106 valence electrons. The van der Waals surface area contributed by atoms with Crippen molar-refractivity contribution in [2.75, 3.05) is 7.05 Å². The highest BCUT2D eigenvalue weighted by molar-refractivity contribution is 8.00. The van der Waals surface area contributed by atoms with Crippen LogP contribution in [0, 0.1) is 5.41 Å². The van der Waals surface area contributed by atoms with Crippen LogP contribution in [0.15, 0.2) is 41.4 Å². The summed E-state index contributed by atoms with van der Waals surface area (Å²) in [5.74, 6) is -0.312. The molecule has 0 saturated heterocycles. The van der Waals surface area contributed by atoms with Crippen molar-refractivity contribution in [3.63, 3.8) is 0 Å². The third-order valence-corrected chi connectivity index (χ3v) is 4.78. The van der Waals surface area contributed by atoms with Crippen LogP contribution >= 0.6 is 11.8 Å². The second kappa shape index (κ2) is 7.29. The zero-order valence-electron chi connectivity index (χ0n) is 11.7. The van der Waals surface area contributed by atoms with E-state index >= 15 is 0 Å². The van der Waals surface area contributed by atoms with Crippen LogP contribution in [0.1, 0.15) is 24.8 Å². The Morgan fingerprint density at radius 3 is 2.65 bits per heavy atom. The summed E-state index contributed by atoms with van der Waals surface area (Å²) in [4.78, 5) is 13.9. The van der Waals surface area contributed by atoms with Crippen molar-refractivity contribution >= 4 is 23.9 Å². The number of hydrogen-bond acceptors (Lipinski definition) is 3. The minimum atomic E-state index is -0.312. The number of benzene rings is 1. The van der Waals surface area contributed by atoms with Crippen molar-refractivity contribution in [2.45, 2.75) is 35.8 Å². The van der Waals surface area contributed by atoms with Crippen molar-refractivity contribution < 1.29 is 4.79 Å². The lowest BCUT2D eigenvalue weighted by atomic mass is 10.00. The van der Waals surface area contributed by atoms with Crippen molar-refractivity contribution in [1.29, 1.82) is 5.41 Å². The van der Waals surface area contributed by atoms with E-state index in [9.17, 15) is 4.79 Å². The lowest BCUT2D eigenvalue weighted by Crippen LogP contribution is -2.21. The van der Waals surface area contributed by atoms with Gasteiger partial charge in [-0.05, 0) is 37.0 Å². The molecule has 2 rings (SSSR count). The van der Waals surface area contributed by atoms with Gasteiger partial charge < -0.3 is 10.3 Å². The van der Waals surface area contributed by atoms with Gasteiger partial charge >= 0.3 is 0 Å². The summed E-state index contributed by atoms with van der Waals surface area (Å²) in [5, 5.41) is 7.71. The first-order chi connectivity index (χ1) is 9.69. The van der Waals surface area contributed by atoms with Gasteiger partial charge in [-0.2, -0.15) is 0 Å². The Labute approximate surface area is 124 Å². The second-order valence-electron chi connectivity index (χ2n) is 5.00. The first kappa shape index (κ1) is 14.9. The van der Waals surface area contributed by atoms with Gasteiger partial charge in [-0.25, -0.2) is 0 Å². The molecule has 1 aliphatic rings. The van der Waals surface area contributed by atoms with E-state index in [1.165, 1.54) is 34.6 Å². The minimum absolute atomic E-state index is 0.312. The highest BCUT2D eigenvalue weighted by Crippen LogP contribution is 2.36. The predicted octanol–water partition coefficient (Wildman–Crippen LogP) is 3.50. The van der Waals surface area contributed by atoms with Crippen LogP contribution < -0.4 is 0 Å². The number of amides is 1. The Morgan fingerprint density at radius 2 is 2.10 bits per heavy atom. The Balaban J connectivity index is 1.82. The van der Waals surface area contributed by atoms with Gasteiger partial charge in [-0.15, -0.1) is 11.8 Å². The number of nitrogens with zero attached hydrogens (tertiary/aromatic N) is 1. The average Bonchev–Trinajstić information content (AvgIpc) is 2.43. The van der Waals surface area contributed by atoms with Gasteiger partial charge in [0.2, 0.25) is 0 Å². The summed E-state index contributed by atoms with van der Waals surface area (Å²) in [6.07, 6.45) is 9.34. The molecule has 1 aromatic carbocycles. The molecule has 4 heteroatoms. The van der Waals surface area contributed by atoms with Crippen molar-refractivity contribution in [3.05, 3.63) is 42.1 Å². The maximum absolute atomic E-state index is 11.2. The Bertz CT molecular complexity index is 492. The Hall–Kier alpha value is -1.55. The first-order valence-corrected chi connectivity index (χ1v) is 7.76. The Morgan fingerprint density at radius 1 is 1.40 bits per heavy atom. The molecule has 0 aromatic heterocycles. The molecule has 0 atom stereocenters. The molecule has 0 bridgehead atoms. The molecule has 1 aromatic rings. The zero-order chi connectivity index (χ0) is 14.4. The third kappa shape index (κ3) is 4.23. The smallest absolute Gasteiger partial charge is 0.267 e. The molecule has 0 heterocycles. The van der Waals surface area contributed by atoms with E-state index in [-0.39, 0.29) is 5.91 Å². The van der Waals surface area contributed by atoms with Crippen LogP contribution in [-0.4, -0.2) is 29.3 Å². The highest BCUT2D eigenvalue weighted by atomic mass is 32.2. The van der Waals surface area contributed by atoms with Crippen LogP contribution in [0.5, 0.6) is 0 Å². The van der Waals surface area contributed by atoms with E-state index in [1.54, 1.807) is 13.2 Å². The van der Waals surface area contributed by atoms with E-state index in [1.807, 2.05) is 17.8 Å². The third-order valence-electron chi connectivity index (χ3n) is 3.43. The lowest BCUT2D eigenvalue weighted by molar-refractivity contribution is -0.120. The molecule has 0 aliphatic heterocycles. The van der Waals surface area contributed by atoms with Crippen LogP contribution in [0.2, 0.25) is 0 Å². The van der Waals surface area contributed by atoms with Crippen LogP contribution in [0.3, 0.4) is 0 Å². The number of hydrogen-bond donors (Lipinski definition) is 1. The second-order valence-corrected chi connectivity index (χ2v) is 6.37. The molecule has 1 fully saturated rings. The molecule has 1 N–H and O–H groups in total. The van der Waals surface area contributed by atoms with E-state index in [4.69, 9.17) is 5.41 Å². The summed E-state index contributed by atoms with van der Waals surface area (Å²) in [6.45, 7) is 0. The molecular weight excluding hydrogens is 268 g/mol. The lowest BCUT2D eigenvalue weighted by Gasteiger charge is -2.24. The van der Waals surface area contributed by atoms with Gasteiger partial charge in [0.1, 0.15) is 0 Å². The molecule has 1 saturated carbocycles. The fourth-order valence-corrected chi connectivity index (χ4v) is 3.15. The van der Waals surface area contributed by atoms with Crippen LogP contribution in [0.25, 0.3) is 0 Å². The normalized spacial score (nSPS) is 15.1. The SMILES string of the molecule is CN(/C=C/Cc1ccc(SC2CCC2)cc1)C(=O)C=N. The number of allylic oxidation sites excluding steroid dienone is 1. The van der Waals surface area contributed by atoms with E-state index in [0.717, 1.165) is 17.9 Å². The fraction of sp³-hybridized carbons (Fsp3) is 0.375. The average molecular weight is 288 g/mol. The molecule has 0 radical (unpaired) electrons. The number of nitrogens with one attached hydrogen (secondary N) is 1. The van der Waals surface area contributed by atoms with Gasteiger partial charge in [0.25, 0.3) is 5.91 Å². The fourth-order valence-electron chi connectivity index (χ4n) is 1.91. The first-order valence-electron chi connectivity index (χ1n) is 6.88. The molecule has 1 amide bonds. The largest absolute Gasteiger partial charge is 0.318 e. The number of thioether (sulfide) groups is 1. The summed E-state index contributed by atoms with van der Waals surface area (Å²) in [6, 6.07) is 8.64. The molecule has 0 spiro atoms. The summed E-state index contributed by atoms with van der Waals surface area (Å²) < 4.78 is 0. The van der Waals surface area contributed by atoms with Gasteiger partial charge in [0.15, 0.2) is 0 Å². The highest BCUT2D eigenvalue weighted by Gasteiger charge is 2.18. The van der Waals surface area contributed by atoms with E-state index in [0.29, 0.717) is 0 Å². The maximum atomic E-state index is 11.2. The summed E-state index contributed by atoms with van der Waals surface area (Å²) >= 11 is 1.98. The van der Waals surface area contributed by atoms with E-state index < -0.39 is 0 Å². The zero-order valence-corrected chi connectivity index (χ0v) is 12.5. The number of carbonyl (C=O) groups is 1. The quantitative estimate of drug-likeness (QED) is 0.814.